The summed E-state index contributed by atoms with van der Waals surface area (Å²) >= 11 is 0. The lowest BCUT2D eigenvalue weighted by Gasteiger charge is -2.23. The summed E-state index contributed by atoms with van der Waals surface area (Å²) in [5.41, 5.74) is 3.18. The largest absolute Gasteiger partial charge is 0.343 e. The number of rotatable bonds is 4. The van der Waals surface area contributed by atoms with Crippen LogP contribution in [0.25, 0.3) is 0 Å². The van der Waals surface area contributed by atoms with Crippen molar-refractivity contribution in [3.05, 3.63) is 58.4 Å². The first-order valence-electron chi connectivity index (χ1n) is 8.09. The number of non-ortho nitro benzene ring substituents is 1. The quantitative estimate of drug-likeness (QED) is 0.601. The summed E-state index contributed by atoms with van der Waals surface area (Å²) in [6.07, 6.45) is 8.32. The van der Waals surface area contributed by atoms with Gasteiger partial charge in [-0.1, -0.05) is 19.3 Å². The van der Waals surface area contributed by atoms with Gasteiger partial charge in [-0.2, -0.15) is 0 Å². The Morgan fingerprint density at radius 3 is 2.26 bits per heavy atom. The number of hydrogen-bond acceptors (Lipinski definition) is 4. The van der Waals surface area contributed by atoms with Gasteiger partial charge >= 0.3 is 0 Å². The Hall–Kier alpha value is -2.43. The van der Waals surface area contributed by atoms with E-state index in [4.69, 9.17) is 0 Å². The number of anilines is 2. The molecule has 0 atom stereocenters. The van der Waals surface area contributed by atoms with Gasteiger partial charge in [0.25, 0.3) is 5.69 Å². The summed E-state index contributed by atoms with van der Waals surface area (Å²) in [7, 11) is 1.94. The molecule has 1 fully saturated rings. The molecule has 120 valence electrons. The standard InChI is InChI=1S/C18H21N3O2/c1-20(15-7-9-16(10-8-15)21(22)23)17-11-12-18(19-13-17)14-5-3-2-4-6-14/h7-14H,2-6H2,1H3. The topological polar surface area (TPSA) is 59.3 Å². The molecule has 3 rings (SSSR count). The van der Waals surface area contributed by atoms with Crippen LogP contribution in [0.3, 0.4) is 0 Å². The van der Waals surface area contributed by atoms with Gasteiger partial charge in [-0.15, -0.1) is 0 Å². The van der Waals surface area contributed by atoms with Crippen molar-refractivity contribution in [2.75, 3.05) is 11.9 Å². The SMILES string of the molecule is CN(c1ccc([N+](=O)[O-])cc1)c1ccc(C2CCCCC2)nc1. The van der Waals surface area contributed by atoms with Crippen molar-refractivity contribution in [3.8, 4) is 0 Å². The first-order valence-corrected chi connectivity index (χ1v) is 8.09. The van der Waals surface area contributed by atoms with Gasteiger partial charge < -0.3 is 4.90 Å². The lowest BCUT2D eigenvalue weighted by Crippen LogP contribution is -2.11. The van der Waals surface area contributed by atoms with Gasteiger partial charge in [-0.3, -0.25) is 15.1 Å². The molecule has 0 unspecified atom stereocenters. The van der Waals surface area contributed by atoms with Crippen molar-refractivity contribution in [1.29, 1.82) is 0 Å². The highest BCUT2D eigenvalue weighted by molar-refractivity contribution is 5.62. The Morgan fingerprint density at radius 1 is 1.04 bits per heavy atom. The third-order valence-corrected chi connectivity index (χ3v) is 4.63. The molecule has 0 amide bonds. The monoisotopic (exact) mass is 311 g/mol. The van der Waals surface area contributed by atoms with Crippen LogP contribution < -0.4 is 4.90 Å². The molecule has 0 radical (unpaired) electrons. The van der Waals surface area contributed by atoms with Crippen molar-refractivity contribution in [2.24, 2.45) is 0 Å². The van der Waals surface area contributed by atoms with Crippen LogP contribution in [-0.2, 0) is 0 Å². The number of aromatic nitrogens is 1. The highest BCUT2D eigenvalue weighted by Crippen LogP contribution is 2.32. The van der Waals surface area contributed by atoms with E-state index < -0.39 is 0 Å². The third-order valence-electron chi connectivity index (χ3n) is 4.63. The van der Waals surface area contributed by atoms with Gasteiger partial charge in [0.15, 0.2) is 0 Å². The molecular weight excluding hydrogens is 290 g/mol. The summed E-state index contributed by atoms with van der Waals surface area (Å²) < 4.78 is 0. The second kappa shape index (κ2) is 6.77. The minimum atomic E-state index is -0.385. The Labute approximate surface area is 136 Å². The Bertz CT molecular complexity index is 662. The van der Waals surface area contributed by atoms with Gasteiger partial charge in [0.2, 0.25) is 0 Å². The van der Waals surface area contributed by atoms with Gasteiger partial charge in [-0.25, -0.2) is 0 Å². The Morgan fingerprint density at radius 2 is 1.70 bits per heavy atom. The molecule has 1 aliphatic rings. The van der Waals surface area contributed by atoms with E-state index in [1.54, 1.807) is 12.1 Å². The fourth-order valence-corrected chi connectivity index (χ4v) is 3.18. The number of hydrogen-bond donors (Lipinski definition) is 0. The molecular formula is C18H21N3O2. The van der Waals surface area contributed by atoms with Crippen LogP contribution in [-0.4, -0.2) is 17.0 Å². The van der Waals surface area contributed by atoms with Crippen LogP contribution in [0.5, 0.6) is 0 Å². The fourth-order valence-electron chi connectivity index (χ4n) is 3.18. The zero-order chi connectivity index (χ0) is 16.2. The molecule has 5 nitrogen and oxygen atoms in total. The molecule has 2 aromatic rings. The molecule has 1 aromatic heterocycles. The zero-order valence-corrected chi connectivity index (χ0v) is 13.3. The van der Waals surface area contributed by atoms with E-state index in [1.165, 1.54) is 49.9 Å². The number of pyridine rings is 1. The average molecular weight is 311 g/mol. The van der Waals surface area contributed by atoms with E-state index in [2.05, 4.69) is 17.1 Å². The molecule has 0 N–H and O–H groups in total. The maximum atomic E-state index is 10.7. The molecule has 23 heavy (non-hydrogen) atoms. The summed E-state index contributed by atoms with van der Waals surface area (Å²) in [5, 5.41) is 10.7. The van der Waals surface area contributed by atoms with Crippen LogP contribution in [0.15, 0.2) is 42.6 Å². The van der Waals surface area contributed by atoms with Crippen molar-refractivity contribution in [3.63, 3.8) is 0 Å². The van der Waals surface area contributed by atoms with Gasteiger partial charge in [0.1, 0.15) is 0 Å². The Balaban J connectivity index is 1.74. The summed E-state index contributed by atoms with van der Waals surface area (Å²) in [5.74, 6) is 0.600. The summed E-state index contributed by atoms with van der Waals surface area (Å²) in [6, 6.07) is 10.8. The summed E-state index contributed by atoms with van der Waals surface area (Å²) in [4.78, 5) is 17.0. The van der Waals surface area contributed by atoms with E-state index in [0.29, 0.717) is 5.92 Å². The number of nitro groups is 1. The van der Waals surface area contributed by atoms with Crippen LogP contribution in [0, 0.1) is 10.1 Å². The molecule has 1 heterocycles. The van der Waals surface area contributed by atoms with Crippen LogP contribution in [0.4, 0.5) is 17.1 Å². The van der Waals surface area contributed by atoms with E-state index in [1.807, 2.05) is 18.1 Å². The lowest BCUT2D eigenvalue weighted by molar-refractivity contribution is -0.384. The molecule has 0 saturated heterocycles. The van der Waals surface area contributed by atoms with Crippen molar-refractivity contribution in [1.82, 2.24) is 4.98 Å². The molecule has 0 aliphatic heterocycles. The van der Waals surface area contributed by atoms with Crippen molar-refractivity contribution < 1.29 is 4.92 Å². The lowest BCUT2D eigenvalue weighted by atomic mass is 9.87. The number of nitrogens with zero attached hydrogens (tertiary/aromatic N) is 3. The number of nitro benzene ring substituents is 1. The van der Waals surface area contributed by atoms with Crippen LogP contribution in [0.2, 0.25) is 0 Å². The predicted octanol–water partition coefficient (Wildman–Crippen LogP) is 4.81. The van der Waals surface area contributed by atoms with Crippen LogP contribution in [0.1, 0.15) is 43.7 Å². The van der Waals surface area contributed by atoms with E-state index in [-0.39, 0.29) is 10.6 Å². The van der Waals surface area contributed by atoms with Crippen molar-refractivity contribution >= 4 is 17.1 Å². The van der Waals surface area contributed by atoms with E-state index in [0.717, 1.165) is 11.4 Å². The summed E-state index contributed by atoms with van der Waals surface area (Å²) in [6.45, 7) is 0. The first-order chi connectivity index (χ1) is 11.1. The first kappa shape index (κ1) is 15.5. The molecule has 5 heteroatoms. The van der Waals surface area contributed by atoms with Crippen molar-refractivity contribution in [2.45, 2.75) is 38.0 Å². The zero-order valence-electron chi connectivity index (χ0n) is 13.3. The fraction of sp³-hybridized carbons (Fsp3) is 0.389. The van der Waals surface area contributed by atoms with E-state index in [9.17, 15) is 10.1 Å². The third kappa shape index (κ3) is 3.50. The van der Waals surface area contributed by atoms with Crippen LogP contribution >= 0.6 is 0 Å². The highest BCUT2D eigenvalue weighted by Gasteiger charge is 2.17. The van der Waals surface area contributed by atoms with Gasteiger partial charge in [-0.05, 0) is 37.1 Å². The Kier molecular flexibility index (Phi) is 4.55. The molecule has 1 aliphatic carbocycles. The minimum Gasteiger partial charge on any atom is -0.343 e. The highest BCUT2D eigenvalue weighted by atomic mass is 16.6. The smallest absolute Gasteiger partial charge is 0.269 e. The molecule has 0 bridgehead atoms. The minimum absolute atomic E-state index is 0.105. The van der Waals surface area contributed by atoms with E-state index >= 15 is 0 Å². The molecule has 0 spiro atoms. The molecule has 1 saturated carbocycles. The maximum Gasteiger partial charge on any atom is 0.269 e. The normalized spacial score (nSPS) is 15.3. The second-order valence-corrected chi connectivity index (χ2v) is 6.11. The molecule has 1 aromatic carbocycles. The average Bonchev–Trinajstić information content (AvgIpc) is 2.62. The van der Waals surface area contributed by atoms with Gasteiger partial charge in [0, 0.05) is 36.5 Å². The number of benzene rings is 1. The second-order valence-electron chi connectivity index (χ2n) is 6.11. The predicted molar refractivity (Wildman–Crippen MR) is 91.2 cm³/mol. The van der Waals surface area contributed by atoms with Gasteiger partial charge in [0.05, 0.1) is 16.8 Å². The maximum absolute atomic E-state index is 10.7.